The van der Waals surface area contributed by atoms with Crippen LogP contribution in [0.2, 0.25) is 5.02 Å². The van der Waals surface area contributed by atoms with E-state index in [1.807, 2.05) is 24.3 Å². The van der Waals surface area contributed by atoms with Crippen LogP contribution in [0, 0.1) is 0 Å². The van der Waals surface area contributed by atoms with E-state index in [4.69, 9.17) is 11.6 Å². The van der Waals surface area contributed by atoms with Crippen LogP contribution in [0.3, 0.4) is 0 Å². The molecule has 0 saturated heterocycles. The summed E-state index contributed by atoms with van der Waals surface area (Å²) in [6.07, 6.45) is 0.785. The SMILES string of the molecule is O=C(NCCc1ccc(Cl)cc1)c1cscn1. The highest BCUT2D eigenvalue weighted by Gasteiger charge is 2.05. The molecule has 0 fully saturated rings. The van der Waals surface area contributed by atoms with Crippen molar-refractivity contribution in [3.05, 3.63) is 51.4 Å². The molecule has 2 aromatic rings. The van der Waals surface area contributed by atoms with E-state index in [0.717, 1.165) is 17.0 Å². The highest BCUT2D eigenvalue weighted by Crippen LogP contribution is 2.09. The zero-order valence-corrected chi connectivity index (χ0v) is 10.6. The number of hydrogen-bond donors (Lipinski definition) is 1. The van der Waals surface area contributed by atoms with Crippen LogP contribution < -0.4 is 5.32 Å². The van der Waals surface area contributed by atoms with Crippen LogP contribution in [0.5, 0.6) is 0 Å². The minimum absolute atomic E-state index is 0.125. The molecule has 17 heavy (non-hydrogen) atoms. The van der Waals surface area contributed by atoms with Crippen molar-refractivity contribution in [3.8, 4) is 0 Å². The van der Waals surface area contributed by atoms with Gasteiger partial charge in [-0.15, -0.1) is 11.3 Å². The fraction of sp³-hybridized carbons (Fsp3) is 0.167. The number of nitrogens with zero attached hydrogens (tertiary/aromatic N) is 1. The maximum absolute atomic E-state index is 11.6. The molecule has 88 valence electrons. The summed E-state index contributed by atoms with van der Waals surface area (Å²) in [6.45, 7) is 0.595. The third-order valence-corrected chi connectivity index (χ3v) is 3.12. The lowest BCUT2D eigenvalue weighted by molar-refractivity contribution is 0.0950. The van der Waals surface area contributed by atoms with Crippen molar-refractivity contribution in [2.24, 2.45) is 0 Å². The number of hydrogen-bond acceptors (Lipinski definition) is 3. The highest BCUT2D eigenvalue weighted by molar-refractivity contribution is 7.07. The van der Waals surface area contributed by atoms with Gasteiger partial charge in [-0.2, -0.15) is 0 Å². The number of carbonyl (C=O) groups is 1. The van der Waals surface area contributed by atoms with E-state index >= 15 is 0 Å². The molecule has 0 aliphatic heterocycles. The first kappa shape index (κ1) is 12.1. The van der Waals surface area contributed by atoms with Crippen molar-refractivity contribution < 1.29 is 4.79 Å². The molecule has 0 spiro atoms. The van der Waals surface area contributed by atoms with Crippen LogP contribution in [0.4, 0.5) is 0 Å². The van der Waals surface area contributed by atoms with Crippen molar-refractivity contribution in [1.29, 1.82) is 0 Å². The monoisotopic (exact) mass is 266 g/mol. The van der Waals surface area contributed by atoms with Gasteiger partial charge in [-0.05, 0) is 24.1 Å². The second-order valence-electron chi connectivity index (χ2n) is 3.51. The van der Waals surface area contributed by atoms with Gasteiger partial charge in [0.15, 0.2) is 0 Å². The number of thiazole rings is 1. The summed E-state index contributed by atoms with van der Waals surface area (Å²) in [5.74, 6) is -0.125. The van der Waals surface area contributed by atoms with E-state index in [1.54, 1.807) is 10.9 Å². The van der Waals surface area contributed by atoms with E-state index < -0.39 is 0 Å². The third kappa shape index (κ3) is 3.54. The maximum atomic E-state index is 11.6. The summed E-state index contributed by atoms with van der Waals surface area (Å²) >= 11 is 7.20. The molecule has 0 unspecified atom stereocenters. The van der Waals surface area contributed by atoms with Crippen LogP contribution in [-0.2, 0) is 6.42 Å². The Bertz CT molecular complexity index is 482. The Morgan fingerprint density at radius 1 is 1.35 bits per heavy atom. The van der Waals surface area contributed by atoms with Crippen LogP contribution in [0.25, 0.3) is 0 Å². The van der Waals surface area contributed by atoms with Gasteiger partial charge in [0.05, 0.1) is 5.51 Å². The fourth-order valence-corrected chi connectivity index (χ4v) is 2.04. The summed E-state index contributed by atoms with van der Waals surface area (Å²) < 4.78 is 0. The van der Waals surface area contributed by atoms with Crippen molar-refractivity contribution >= 4 is 28.8 Å². The fourth-order valence-electron chi connectivity index (χ4n) is 1.39. The van der Waals surface area contributed by atoms with Crippen molar-refractivity contribution in [3.63, 3.8) is 0 Å². The Morgan fingerprint density at radius 2 is 2.12 bits per heavy atom. The van der Waals surface area contributed by atoms with E-state index in [-0.39, 0.29) is 5.91 Å². The van der Waals surface area contributed by atoms with Gasteiger partial charge in [-0.25, -0.2) is 4.98 Å². The molecule has 2 rings (SSSR count). The van der Waals surface area contributed by atoms with Gasteiger partial charge >= 0.3 is 0 Å². The molecular weight excluding hydrogens is 256 g/mol. The van der Waals surface area contributed by atoms with Gasteiger partial charge in [0.1, 0.15) is 5.69 Å². The van der Waals surface area contributed by atoms with E-state index in [2.05, 4.69) is 10.3 Å². The second kappa shape index (κ2) is 5.80. The third-order valence-electron chi connectivity index (χ3n) is 2.28. The minimum atomic E-state index is -0.125. The number of nitrogens with one attached hydrogen (secondary N) is 1. The topological polar surface area (TPSA) is 42.0 Å². The van der Waals surface area contributed by atoms with E-state index in [0.29, 0.717) is 12.2 Å². The second-order valence-corrected chi connectivity index (χ2v) is 4.66. The van der Waals surface area contributed by atoms with E-state index in [9.17, 15) is 4.79 Å². The molecule has 0 atom stereocenters. The van der Waals surface area contributed by atoms with Gasteiger partial charge in [0, 0.05) is 16.9 Å². The lowest BCUT2D eigenvalue weighted by Crippen LogP contribution is -2.25. The van der Waals surface area contributed by atoms with Gasteiger partial charge in [0.2, 0.25) is 0 Å². The maximum Gasteiger partial charge on any atom is 0.270 e. The van der Waals surface area contributed by atoms with Crippen molar-refractivity contribution in [2.45, 2.75) is 6.42 Å². The smallest absolute Gasteiger partial charge is 0.270 e. The Kier molecular flexibility index (Phi) is 4.12. The normalized spacial score (nSPS) is 10.2. The molecule has 1 aromatic carbocycles. The average Bonchev–Trinajstić information content (AvgIpc) is 2.85. The lowest BCUT2D eigenvalue weighted by Gasteiger charge is -2.03. The summed E-state index contributed by atoms with van der Waals surface area (Å²) in [5, 5.41) is 5.28. The Morgan fingerprint density at radius 3 is 2.76 bits per heavy atom. The molecule has 0 aliphatic carbocycles. The highest BCUT2D eigenvalue weighted by atomic mass is 35.5. The standard InChI is InChI=1S/C12H11ClN2OS/c13-10-3-1-9(2-4-10)5-6-14-12(16)11-7-17-8-15-11/h1-4,7-8H,5-6H2,(H,14,16). The first-order chi connectivity index (χ1) is 8.25. The van der Waals surface area contributed by atoms with Crippen LogP contribution in [0.15, 0.2) is 35.2 Å². The van der Waals surface area contributed by atoms with Crippen LogP contribution in [-0.4, -0.2) is 17.4 Å². The molecule has 1 N–H and O–H groups in total. The molecule has 5 heteroatoms. The predicted octanol–water partition coefficient (Wildman–Crippen LogP) is 2.77. The van der Waals surface area contributed by atoms with Gasteiger partial charge < -0.3 is 5.32 Å². The van der Waals surface area contributed by atoms with Crippen LogP contribution in [0.1, 0.15) is 16.1 Å². The first-order valence-corrected chi connectivity index (χ1v) is 6.48. The number of aromatic nitrogens is 1. The summed E-state index contributed by atoms with van der Waals surface area (Å²) in [4.78, 5) is 15.5. The quantitative estimate of drug-likeness (QED) is 0.925. The largest absolute Gasteiger partial charge is 0.350 e. The number of rotatable bonds is 4. The zero-order valence-electron chi connectivity index (χ0n) is 9.02. The lowest BCUT2D eigenvalue weighted by atomic mass is 10.1. The molecular formula is C12H11ClN2OS. The molecule has 1 heterocycles. The number of halogens is 1. The van der Waals surface area contributed by atoms with Crippen molar-refractivity contribution in [2.75, 3.05) is 6.54 Å². The van der Waals surface area contributed by atoms with Crippen LogP contribution >= 0.6 is 22.9 Å². The van der Waals surface area contributed by atoms with E-state index in [1.165, 1.54) is 11.3 Å². The Labute approximate surface area is 108 Å². The minimum Gasteiger partial charge on any atom is -0.350 e. The average molecular weight is 267 g/mol. The zero-order chi connectivity index (χ0) is 12.1. The summed E-state index contributed by atoms with van der Waals surface area (Å²) in [6, 6.07) is 7.60. The van der Waals surface area contributed by atoms with Gasteiger partial charge in [0.25, 0.3) is 5.91 Å². The molecule has 3 nitrogen and oxygen atoms in total. The summed E-state index contributed by atoms with van der Waals surface area (Å²) in [7, 11) is 0. The molecule has 0 radical (unpaired) electrons. The predicted molar refractivity (Wildman–Crippen MR) is 69.6 cm³/mol. The first-order valence-electron chi connectivity index (χ1n) is 5.16. The Balaban J connectivity index is 1.80. The molecule has 1 aromatic heterocycles. The van der Waals surface area contributed by atoms with Gasteiger partial charge in [-0.1, -0.05) is 23.7 Å². The number of carbonyl (C=O) groups excluding carboxylic acids is 1. The summed E-state index contributed by atoms with van der Waals surface area (Å²) in [5.41, 5.74) is 3.27. The molecule has 0 bridgehead atoms. The number of benzene rings is 1. The van der Waals surface area contributed by atoms with Gasteiger partial charge in [-0.3, -0.25) is 4.79 Å². The molecule has 0 saturated carbocycles. The molecule has 0 aliphatic rings. The number of amides is 1. The molecule has 1 amide bonds. The van der Waals surface area contributed by atoms with Crippen molar-refractivity contribution in [1.82, 2.24) is 10.3 Å². The Hall–Kier alpha value is -1.39.